The fourth-order valence-corrected chi connectivity index (χ4v) is 5.01. The Kier molecular flexibility index (Phi) is 12.4. The van der Waals surface area contributed by atoms with Crippen LogP contribution in [0.3, 0.4) is 0 Å². The zero-order valence-electron chi connectivity index (χ0n) is 25.1. The summed E-state index contributed by atoms with van der Waals surface area (Å²) in [4.78, 5) is 37.7. The van der Waals surface area contributed by atoms with E-state index in [0.29, 0.717) is 29.0 Å². The number of aliphatic hydroxyl groups excluding tert-OH is 1. The third-order valence-corrected chi connectivity index (χ3v) is 7.37. The van der Waals surface area contributed by atoms with Crippen molar-refractivity contribution < 1.29 is 34.4 Å². The van der Waals surface area contributed by atoms with Crippen LogP contribution in [0.1, 0.15) is 32.1 Å². The molecule has 1 fully saturated rings. The van der Waals surface area contributed by atoms with Crippen LogP contribution in [0.4, 0.5) is 5.82 Å². The summed E-state index contributed by atoms with van der Waals surface area (Å²) in [6.45, 7) is 7.37. The van der Waals surface area contributed by atoms with Crippen LogP contribution in [-0.4, -0.2) is 78.2 Å². The van der Waals surface area contributed by atoms with Crippen molar-refractivity contribution in [1.29, 1.82) is 0 Å². The molecule has 0 saturated carbocycles. The van der Waals surface area contributed by atoms with E-state index in [1.807, 2.05) is 32.1 Å². The summed E-state index contributed by atoms with van der Waals surface area (Å²) in [5.41, 5.74) is -0.282. The van der Waals surface area contributed by atoms with Crippen LogP contribution < -0.4 is 5.32 Å². The number of allylic oxidation sites excluding steroid dienone is 3. The van der Waals surface area contributed by atoms with Gasteiger partial charge in [-0.1, -0.05) is 61.2 Å². The average Bonchev–Trinajstić information content (AvgIpc) is 3.64. The molecule has 0 spiro atoms. The number of nitrogens with one attached hydrogen (secondary N) is 1. The van der Waals surface area contributed by atoms with Gasteiger partial charge in [0.05, 0.1) is 25.0 Å². The Labute approximate surface area is 266 Å². The van der Waals surface area contributed by atoms with Gasteiger partial charge in [-0.2, -0.15) is 9.97 Å². The maximum Gasteiger partial charge on any atom is 0.348 e. The average molecular weight is 638 g/mol. The van der Waals surface area contributed by atoms with Crippen molar-refractivity contribution in [2.45, 2.75) is 50.7 Å². The molecule has 4 rings (SSSR count). The zero-order chi connectivity index (χ0) is 33.1. The van der Waals surface area contributed by atoms with Gasteiger partial charge in [-0.05, 0) is 36.6 Å². The number of carboxylic acid groups (broad SMARTS) is 2. The first-order valence-electron chi connectivity index (χ1n) is 14.0. The second-order valence-electron chi connectivity index (χ2n) is 9.98. The molecular weight excluding hydrogens is 602 g/mol. The maximum atomic E-state index is 12.2. The Morgan fingerprint density at radius 1 is 1.29 bits per heavy atom. The second kappa shape index (κ2) is 16.0. The van der Waals surface area contributed by atoms with E-state index in [2.05, 4.69) is 32.8 Å². The number of hydrogen-bond acceptors (Lipinski definition) is 9. The number of aliphatic hydroxyl groups is 1. The number of imidazole rings is 1. The molecule has 1 aliphatic heterocycles. The number of benzene rings is 1. The van der Waals surface area contributed by atoms with Gasteiger partial charge in [0.1, 0.15) is 6.23 Å². The first kappa shape index (κ1) is 34.9. The minimum absolute atomic E-state index is 0.0125. The molecule has 0 aliphatic carbocycles. The summed E-state index contributed by atoms with van der Waals surface area (Å²) in [6, 6.07) is 8.21. The summed E-state index contributed by atoms with van der Waals surface area (Å²) < 4.78 is 13.5. The zero-order valence-corrected chi connectivity index (χ0v) is 25.9. The molecule has 12 nitrogen and oxygen atoms in total. The van der Waals surface area contributed by atoms with Gasteiger partial charge in [0, 0.05) is 26.0 Å². The normalized spacial score (nSPS) is 19.0. The minimum atomic E-state index is -2.53. The summed E-state index contributed by atoms with van der Waals surface area (Å²) in [6.07, 6.45) is 13.3. The van der Waals surface area contributed by atoms with E-state index in [0.717, 1.165) is 12.7 Å². The molecule has 1 saturated heterocycles. The summed E-state index contributed by atoms with van der Waals surface area (Å²) >= 11 is 6.30. The highest BCUT2D eigenvalue weighted by Gasteiger charge is 2.50. The third kappa shape index (κ3) is 7.95. The van der Waals surface area contributed by atoms with E-state index in [1.165, 1.54) is 6.33 Å². The number of aromatic nitrogens is 4. The molecule has 238 valence electrons. The Balaban J connectivity index is 0.00000271. The van der Waals surface area contributed by atoms with Crippen LogP contribution in [0.25, 0.3) is 11.2 Å². The number of hydrogen-bond donors (Lipinski definition) is 4. The van der Waals surface area contributed by atoms with Gasteiger partial charge < -0.3 is 30.1 Å². The summed E-state index contributed by atoms with van der Waals surface area (Å²) in [5.74, 6) is -0.700. The van der Waals surface area contributed by atoms with Crippen LogP contribution in [0.15, 0.2) is 73.1 Å². The molecule has 13 heteroatoms. The van der Waals surface area contributed by atoms with Crippen molar-refractivity contribution in [1.82, 2.24) is 19.5 Å². The van der Waals surface area contributed by atoms with Crippen molar-refractivity contribution in [3.63, 3.8) is 0 Å². The number of carbonyl (C=O) groups is 2. The van der Waals surface area contributed by atoms with Crippen LogP contribution >= 0.6 is 11.6 Å². The largest absolute Gasteiger partial charge is 0.479 e. The highest BCUT2D eigenvalue weighted by molar-refractivity contribution is 6.28. The standard InChI is InChI=1S/C31H32ClN5O6.CH4O/c1-5-8-14-21(6-2)19(4)34-26-25-27(36-30(32)35-26)37(18-33-25)24-15-22(7-3)23(43-24)17-42-31(28(38)39,29(40)41)16-20-12-10-9-11-13-20;1-2/h3,5-6,8-14,18-19,22-24H,2,15-17H2,1,4H3,(H,38,39)(H,40,41)(H,34,35,36);2H,1H3/b8-5-,21-14+;/t19-,22?,23?,24?;/m1./s1. The lowest BCUT2D eigenvalue weighted by molar-refractivity contribution is -0.188. The van der Waals surface area contributed by atoms with Gasteiger partial charge in [-0.3, -0.25) is 4.57 Å². The van der Waals surface area contributed by atoms with E-state index in [4.69, 9.17) is 32.6 Å². The lowest BCUT2D eigenvalue weighted by Gasteiger charge is -2.27. The number of terminal acetylenes is 1. The van der Waals surface area contributed by atoms with Gasteiger partial charge in [-0.15, -0.1) is 12.3 Å². The first-order chi connectivity index (χ1) is 21.6. The van der Waals surface area contributed by atoms with E-state index in [-0.39, 0.29) is 24.4 Å². The molecule has 3 unspecified atom stereocenters. The van der Waals surface area contributed by atoms with Gasteiger partial charge >= 0.3 is 11.9 Å². The number of nitrogens with zero attached hydrogens (tertiary/aromatic N) is 4. The Hall–Kier alpha value is -4.54. The van der Waals surface area contributed by atoms with Crippen molar-refractivity contribution in [3.8, 4) is 12.3 Å². The Bertz CT molecular complexity index is 1580. The SMILES string of the molecule is C#CC1CC(n2cnc3c(N[C@H](C)/C(C=C)=C/C=C\C)nc(Cl)nc32)OC1COC(Cc1ccccc1)(C(=O)O)C(=O)O.CO. The molecule has 0 radical (unpaired) electrons. The fourth-order valence-electron chi connectivity index (χ4n) is 4.84. The van der Waals surface area contributed by atoms with Crippen LogP contribution in [0.2, 0.25) is 5.28 Å². The first-order valence-corrected chi connectivity index (χ1v) is 14.3. The van der Waals surface area contributed by atoms with Crippen LogP contribution in [0, 0.1) is 18.3 Å². The quantitative estimate of drug-likeness (QED) is 0.0913. The van der Waals surface area contributed by atoms with E-state index >= 15 is 0 Å². The minimum Gasteiger partial charge on any atom is -0.479 e. The lowest BCUT2D eigenvalue weighted by Crippen LogP contribution is -2.52. The Morgan fingerprint density at radius 3 is 2.58 bits per heavy atom. The third-order valence-electron chi connectivity index (χ3n) is 7.21. The number of aliphatic carboxylic acids is 2. The van der Waals surface area contributed by atoms with E-state index in [9.17, 15) is 19.8 Å². The maximum absolute atomic E-state index is 12.2. The molecule has 0 bridgehead atoms. The molecule has 3 heterocycles. The molecule has 3 aromatic rings. The monoisotopic (exact) mass is 637 g/mol. The summed E-state index contributed by atoms with van der Waals surface area (Å²) in [5, 5.41) is 30.2. The van der Waals surface area contributed by atoms with Gasteiger partial charge in [0.15, 0.2) is 17.0 Å². The predicted molar refractivity (Wildman–Crippen MR) is 170 cm³/mol. The van der Waals surface area contributed by atoms with E-state index < -0.39 is 35.8 Å². The molecule has 1 aliphatic rings. The van der Waals surface area contributed by atoms with Crippen molar-refractivity contribution in [3.05, 3.63) is 84.0 Å². The summed E-state index contributed by atoms with van der Waals surface area (Å²) in [7, 11) is 1.00. The molecule has 45 heavy (non-hydrogen) atoms. The number of ether oxygens (including phenoxy) is 2. The molecule has 4 N–H and O–H groups in total. The topological polar surface area (TPSA) is 169 Å². The van der Waals surface area contributed by atoms with Crippen molar-refractivity contribution in [2.75, 3.05) is 19.0 Å². The van der Waals surface area contributed by atoms with Crippen LogP contribution in [0.5, 0.6) is 0 Å². The van der Waals surface area contributed by atoms with E-state index in [1.54, 1.807) is 41.0 Å². The number of fused-ring (bicyclic) bond motifs is 1. The molecule has 4 atom stereocenters. The number of rotatable bonds is 13. The van der Waals surface area contributed by atoms with Crippen molar-refractivity contribution in [2.24, 2.45) is 5.92 Å². The van der Waals surface area contributed by atoms with Crippen molar-refractivity contribution >= 4 is 40.5 Å². The molecule has 2 aromatic heterocycles. The van der Waals surface area contributed by atoms with Gasteiger partial charge in [-0.25, -0.2) is 14.6 Å². The highest BCUT2D eigenvalue weighted by Crippen LogP contribution is 2.37. The number of halogens is 1. The molecule has 0 amide bonds. The highest BCUT2D eigenvalue weighted by atomic mass is 35.5. The second-order valence-corrected chi connectivity index (χ2v) is 10.3. The fraction of sp³-hybridized carbons (Fsp3) is 0.344. The Morgan fingerprint density at radius 2 is 1.98 bits per heavy atom. The van der Waals surface area contributed by atoms with Gasteiger partial charge in [0.25, 0.3) is 5.60 Å². The van der Waals surface area contributed by atoms with Crippen LogP contribution in [-0.2, 0) is 25.5 Å². The number of anilines is 1. The smallest absolute Gasteiger partial charge is 0.348 e. The lowest BCUT2D eigenvalue weighted by atomic mass is 9.94. The molecular formula is C32H36ClN5O7. The molecule has 1 aromatic carbocycles. The van der Waals surface area contributed by atoms with Gasteiger partial charge in [0.2, 0.25) is 5.28 Å². The number of carboxylic acids is 2. The predicted octanol–water partition coefficient (Wildman–Crippen LogP) is 4.28.